The number of fused-ring (bicyclic) bond motifs is 1. The maximum Gasteiger partial charge on any atom is 0.258 e. The highest BCUT2D eigenvalue weighted by Crippen LogP contribution is 2.22. The first-order valence-corrected chi connectivity index (χ1v) is 8.94. The van der Waals surface area contributed by atoms with E-state index in [0.29, 0.717) is 5.75 Å². The monoisotopic (exact) mass is 401 g/mol. The van der Waals surface area contributed by atoms with Crippen molar-refractivity contribution in [2.45, 2.75) is 19.9 Å². The normalized spacial score (nSPS) is 12.3. The Labute approximate surface area is 154 Å². The van der Waals surface area contributed by atoms with E-state index >= 15 is 0 Å². The number of hydrogen-bond donors (Lipinski definition) is 2. The summed E-state index contributed by atoms with van der Waals surface area (Å²) < 4.78 is 6.46. The van der Waals surface area contributed by atoms with E-state index in [1.54, 1.807) is 0 Å². The molecule has 0 fully saturated rings. The third kappa shape index (κ3) is 4.39. The highest BCUT2D eigenvalue weighted by atomic mass is 79.9. The summed E-state index contributed by atoms with van der Waals surface area (Å²) in [5, 5.41) is 3.01. The van der Waals surface area contributed by atoms with E-state index in [2.05, 4.69) is 31.2 Å². The highest BCUT2D eigenvalue weighted by Gasteiger charge is 2.22. The minimum atomic E-state index is -0.203. The maximum absolute atomic E-state index is 12.3. The number of hydrogen-bond acceptors (Lipinski definition) is 3. The van der Waals surface area contributed by atoms with Gasteiger partial charge in [0, 0.05) is 4.47 Å². The number of nitrogens with one attached hydrogen (secondary N) is 2. The van der Waals surface area contributed by atoms with Crippen molar-refractivity contribution in [3.63, 3.8) is 0 Å². The molecule has 0 radical (unpaired) electrons. The molecule has 6 heteroatoms. The first-order valence-electron chi connectivity index (χ1n) is 8.15. The molecular weight excluding hydrogens is 382 g/mol. The second-order valence-corrected chi connectivity index (χ2v) is 7.09. The summed E-state index contributed by atoms with van der Waals surface area (Å²) in [5.41, 5.74) is 1.85. The lowest BCUT2D eigenvalue weighted by molar-refractivity contribution is -0.124. The minimum absolute atomic E-state index is 0.0418. The van der Waals surface area contributed by atoms with Crippen LogP contribution in [0.2, 0.25) is 0 Å². The van der Waals surface area contributed by atoms with E-state index in [9.17, 15) is 4.79 Å². The fraction of sp³-hybridized carbons (Fsp3) is 0.263. The molecule has 2 N–H and O–H groups in total. The highest BCUT2D eigenvalue weighted by molar-refractivity contribution is 9.10. The zero-order valence-corrected chi connectivity index (χ0v) is 15.7. The van der Waals surface area contributed by atoms with Gasteiger partial charge >= 0.3 is 0 Å². The number of rotatable bonds is 6. The van der Waals surface area contributed by atoms with Crippen molar-refractivity contribution in [2.75, 3.05) is 6.61 Å². The van der Waals surface area contributed by atoms with Crippen LogP contribution in [0.4, 0.5) is 0 Å². The van der Waals surface area contributed by atoms with E-state index in [0.717, 1.165) is 21.3 Å². The number of amides is 1. The van der Waals surface area contributed by atoms with Crippen LogP contribution in [0.3, 0.4) is 0 Å². The van der Waals surface area contributed by atoms with Gasteiger partial charge < -0.3 is 15.0 Å². The molecule has 25 heavy (non-hydrogen) atoms. The third-order valence-corrected chi connectivity index (χ3v) is 4.34. The molecule has 1 amide bonds. The molecule has 0 unspecified atom stereocenters. The Morgan fingerprint density at radius 3 is 2.76 bits per heavy atom. The van der Waals surface area contributed by atoms with E-state index in [-0.39, 0.29) is 24.5 Å². The molecule has 3 aromatic rings. The Balaban J connectivity index is 1.68. The van der Waals surface area contributed by atoms with Gasteiger partial charge in [-0.15, -0.1) is 0 Å². The Morgan fingerprint density at radius 1 is 1.24 bits per heavy atom. The lowest BCUT2D eigenvalue weighted by Crippen LogP contribution is -2.35. The number of imidazole rings is 1. The zero-order valence-electron chi connectivity index (χ0n) is 14.1. The molecule has 0 saturated heterocycles. The maximum atomic E-state index is 12.3. The number of nitrogens with zero attached hydrogens (tertiary/aromatic N) is 1. The Morgan fingerprint density at radius 2 is 2.04 bits per heavy atom. The molecule has 2 aromatic carbocycles. The topological polar surface area (TPSA) is 67.0 Å². The molecule has 0 saturated carbocycles. The van der Waals surface area contributed by atoms with Gasteiger partial charge in [-0.05, 0) is 36.2 Å². The van der Waals surface area contributed by atoms with Gasteiger partial charge in [0.1, 0.15) is 11.6 Å². The first kappa shape index (κ1) is 17.5. The van der Waals surface area contributed by atoms with Gasteiger partial charge in [0.2, 0.25) is 0 Å². The van der Waals surface area contributed by atoms with E-state index in [1.165, 1.54) is 0 Å². The van der Waals surface area contributed by atoms with Crippen LogP contribution in [0, 0.1) is 5.92 Å². The molecular formula is C19H20BrN3O2. The summed E-state index contributed by atoms with van der Waals surface area (Å²) >= 11 is 3.38. The Kier molecular flexibility index (Phi) is 5.38. The van der Waals surface area contributed by atoms with Gasteiger partial charge in [-0.3, -0.25) is 4.79 Å². The number of benzene rings is 2. The predicted molar refractivity (Wildman–Crippen MR) is 101 cm³/mol. The van der Waals surface area contributed by atoms with Crippen molar-refractivity contribution in [3.05, 3.63) is 58.8 Å². The van der Waals surface area contributed by atoms with Crippen LogP contribution >= 0.6 is 15.9 Å². The van der Waals surface area contributed by atoms with Crippen LogP contribution in [0.25, 0.3) is 11.0 Å². The van der Waals surface area contributed by atoms with Crippen LogP contribution < -0.4 is 10.1 Å². The predicted octanol–water partition coefficient (Wildman–Crippen LogP) is 4.22. The van der Waals surface area contributed by atoms with Crippen molar-refractivity contribution in [1.82, 2.24) is 15.3 Å². The van der Waals surface area contributed by atoms with E-state index in [1.807, 2.05) is 62.4 Å². The standard InChI is InChI=1S/C19H20BrN3O2/c1-12(2)18(19-21-15-8-3-4-9-16(15)22-19)23-17(24)11-25-14-7-5-6-13(20)10-14/h3-10,12,18H,11H2,1-2H3,(H,21,22)(H,23,24)/t18-/m0/s1. The van der Waals surface area contributed by atoms with Crippen LogP contribution in [0.15, 0.2) is 53.0 Å². The molecule has 5 nitrogen and oxygen atoms in total. The van der Waals surface area contributed by atoms with Gasteiger partial charge in [0.25, 0.3) is 5.91 Å². The number of halogens is 1. The number of aromatic amines is 1. The number of carbonyl (C=O) groups excluding carboxylic acids is 1. The Hall–Kier alpha value is -2.34. The van der Waals surface area contributed by atoms with Crippen LogP contribution in [0.1, 0.15) is 25.7 Å². The SMILES string of the molecule is CC(C)[C@H](NC(=O)COc1cccc(Br)c1)c1nc2ccccc2[nH]1. The third-order valence-electron chi connectivity index (χ3n) is 3.85. The van der Waals surface area contributed by atoms with Crippen molar-refractivity contribution >= 4 is 32.9 Å². The average Bonchev–Trinajstić information content (AvgIpc) is 3.01. The van der Waals surface area contributed by atoms with Crippen molar-refractivity contribution in [1.29, 1.82) is 0 Å². The number of H-pyrrole nitrogens is 1. The first-order chi connectivity index (χ1) is 12.0. The van der Waals surface area contributed by atoms with Gasteiger partial charge in [0.15, 0.2) is 6.61 Å². The van der Waals surface area contributed by atoms with Crippen LogP contribution in [-0.4, -0.2) is 22.5 Å². The lowest BCUT2D eigenvalue weighted by atomic mass is 10.0. The van der Waals surface area contributed by atoms with Crippen molar-refractivity contribution < 1.29 is 9.53 Å². The second-order valence-electron chi connectivity index (χ2n) is 6.17. The summed E-state index contributed by atoms with van der Waals surface area (Å²) in [4.78, 5) is 20.2. The van der Waals surface area contributed by atoms with Crippen LogP contribution in [-0.2, 0) is 4.79 Å². The van der Waals surface area contributed by atoms with E-state index < -0.39 is 0 Å². The van der Waals surface area contributed by atoms with Gasteiger partial charge in [-0.25, -0.2) is 4.98 Å². The van der Waals surface area contributed by atoms with Gasteiger partial charge in [-0.1, -0.05) is 48.0 Å². The lowest BCUT2D eigenvalue weighted by Gasteiger charge is -2.20. The molecule has 0 aliphatic rings. The van der Waals surface area contributed by atoms with Crippen LogP contribution in [0.5, 0.6) is 5.75 Å². The molecule has 0 aliphatic heterocycles. The number of para-hydroxylation sites is 2. The minimum Gasteiger partial charge on any atom is -0.484 e. The summed E-state index contributed by atoms with van der Waals surface area (Å²) in [5.74, 6) is 1.41. The Bertz CT molecular complexity index is 843. The molecule has 1 aromatic heterocycles. The molecule has 3 rings (SSSR count). The molecule has 0 spiro atoms. The molecule has 0 aliphatic carbocycles. The van der Waals surface area contributed by atoms with Gasteiger partial charge in [0.05, 0.1) is 17.1 Å². The molecule has 130 valence electrons. The number of aromatic nitrogens is 2. The molecule has 1 atom stereocenters. The summed E-state index contributed by atoms with van der Waals surface area (Å²) in [6, 6.07) is 15.0. The number of ether oxygens (including phenoxy) is 1. The average molecular weight is 402 g/mol. The number of carbonyl (C=O) groups is 1. The zero-order chi connectivity index (χ0) is 17.8. The van der Waals surface area contributed by atoms with E-state index in [4.69, 9.17) is 4.74 Å². The largest absolute Gasteiger partial charge is 0.484 e. The summed E-state index contributed by atoms with van der Waals surface area (Å²) in [7, 11) is 0. The molecule has 1 heterocycles. The molecule has 0 bridgehead atoms. The summed E-state index contributed by atoms with van der Waals surface area (Å²) in [6.07, 6.45) is 0. The second kappa shape index (κ2) is 7.70. The van der Waals surface area contributed by atoms with Crippen molar-refractivity contribution in [3.8, 4) is 5.75 Å². The summed E-state index contributed by atoms with van der Waals surface area (Å²) in [6.45, 7) is 4.06. The van der Waals surface area contributed by atoms with Gasteiger partial charge in [-0.2, -0.15) is 0 Å². The fourth-order valence-electron chi connectivity index (χ4n) is 2.59. The smallest absolute Gasteiger partial charge is 0.258 e. The fourth-order valence-corrected chi connectivity index (χ4v) is 2.97. The quantitative estimate of drug-likeness (QED) is 0.649. The van der Waals surface area contributed by atoms with Crippen molar-refractivity contribution in [2.24, 2.45) is 5.92 Å².